The van der Waals surface area contributed by atoms with Crippen LogP contribution in [-0.4, -0.2) is 0 Å². The van der Waals surface area contributed by atoms with Crippen molar-refractivity contribution in [1.82, 2.24) is 0 Å². The molecule has 0 bridgehead atoms. The van der Waals surface area contributed by atoms with Crippen LogP contribution in [0.4, 0.5) is 52.7 Å². The van der Waals surface area contributed by atoms with Crippen molar-refractivity contribution in [2.75, 3.05) is 0 Å². The van der Waals surface area contributed by atoms with Gasteiger partial charge in [0, 0.05) is 11.8 Å². The van der Waals surface area contributed by atoms with Gasteiger partial charge in [0.15, 0.2) is 0 Å². The van der Waals surface area contributed by atoms with Gasteiger partial charge in [-0.3, -0.25) is 0 Å². The number of fused-ring (bicyclic) bond motifs is 5. The monoisotopic (exact) mass is 754 g/mol. The van der Waals surface area contributed by atoms with E-state index in [4.69, 9.17) is 0 Å². The molecular weight excluding hydrogens is 740 g/mol. The highest BCUT2D eigenvalue weighted by Gasteiger charge is 2.51. The van der Waals surface area contributed by atoms with Crippen LogP contribution < -0.4 is 0 Å². The van der Waals surface area contributed by atoms with Gasteiger partial charge in [-0.05, 0) is 92.1 Å². The van der Waals surface area contributed by atoms with Crippen LogP contribution in [-0.2, 0) is 24.7 Å². The maximum absolute atomic E-state index is 14.0. The maximum atomic E-state index is 14.0. The second-order valence-corrected chi connectivity index (χ2v) is 12.1. The summed E-state index contributed by atoms with van der Waals surface area (Å²) in [4.78, 5) is 0. The topological polar surface area (TPSA) is 95.2 Å². The summed E-state index contributed by atoms with van der Waals surface area (Å²) in [7, 11) is 0. The summed E-state index contributed by atoms with van der Waals surface area (Å²) in [5.74, 6) is -2.93. The van der Waals surface area contributed by atoms with Crippen LogP contribution in [0.15, 0.2) is 83.9 Å². The van der Waals surface area contributed by atoms with Crippen molar-refractivity contribution in [3.05, 3.63) is 128 Å². The zero-order valence-corrected chi connectivity index (χ0v) is 26.4. The van der Waals surface area contributed by atoms with Gasteiger partial charge in [0.1, 0.15) is 35.4 Å². The van der Waals surface area contributed by atoms with Gasteiger partial charge < -0.3 is 0 Å². The number of alkyl halides is 12. The van der Waals surface area contributed by atoms with Crippen molar-refractivity contribution >= 4 is 11.1 Å². The smallest absolute Gasteiger partial charge is 0.192 e. The van der Waals surface area contributed by atoms with Crippen molar-refractivity contribution in [2.45, 2.75) is 36.5 Å². The van der Waals surface area contributed by atoms with E-state index in [9.17, 15) is 73.7 Å². The number of rotatable bonds is 2. The molecule has 6 rings (SSSR count). The molecule has 270 valence electrons. The third-order valence-corrected chi connectivity index (χ3v) is 9.15. The van der Waals surface area contributed by atoms with E-state index in [-0.39, 0.29) is 56.7 Å². The zero-order chi connectivity index (χ0) is 39.7. The molecule has 0 N–H and O–H groups in total. The van der Waals surface area contributed by atoms with Gasteiger partial charge in [0.25, 0.3) is 0 Å². The molecule has 0 amide bonds. The normalized spacial score (nSPS) is 16.4. The largest absolute Gasteiger partial charge is 0.416 e. The van der Waals surface area contributed by atoms with Gasteiger partial charge in [0.05, 0.1) is 22.3 Å². The molecule has 0 aromatic heterocycles. The highest BCUT2D eigenvalue weighted by molar-refractivity contribution is 6.03. The summed E-state index contributed by atoms with van der Waals surface area (Å²) in [5.41, 5.74) is -11.0. The van der Waals surface area contributed by atoms with E-state index in [2.05, 4.69) is 0 Å². The van der Waals surface area contributed by atoms with Crippen molar-refractivity contribution in [3.8, 4) is 46.5 Å². The molecule has 4 nitrogen and oxygen atoms in total. The van der Waals surface area contributed by atoms with Gasteiger partial charge in [0.2, 0.25) is 0 Å². The fraction of sp³-hybridized carbons (Fsp3) is 0.158. The Balaban J connectivity index is 1.78. The SMILES string of the molecule is N#CC(C#N)=C1c2cccc(-c3cc(C(F)(F)F)cc(C(F)(F)F)c3)c2C2C(=C(C#N)C#N)c3cccc(-c4cc(C(F)(F)F)cc(C(F)(F)F)c4)c3C12. The van der Waals surface area contributed by atoms with Crippen LogP contribution in [0.2, 0.25) is 0 Å². The average Bonchev–Trinajstić information content (AvgIpc) is 3.60. The highest BCUT2D eigenvalue weighted by Crippen LogP contribution is 2.67. The molecule has 0 fully saturated rings. The molecule has 54 heavy (non-hydrogen) atoms. The van der Waals surface area contributed by atoms with Gasteiger partial charge in [-0.1, -0.05) is 36.4 Å². The number of benzene rings is 4. The van der Waals surface area contributed by atoms with E-state index in [0.717, 1.165) is 12.1 Å². The molecule has 0 saturated carbocycles. The van der Waals surface area contributed by atoms with Crippen LogP contribution >= 0.6 is 0 Å². The summed E-state index contributed by atoms with van der Waals surface area (Å²) in [5, 5.41) is 40.3. The minimum absolute atomic E-state index is 0.0974. The second-order valence-electron chi connectivity index (χ2n) is 12.1. The van der Waals surface area contributed by atoms with E-state index in [1.165, 1.54) is 24.3 Å². The Bertz CT molecular complexity index is 2230. The summed E-state index contributed by atoms with van der Waals surface area (Å²) in [6, 6.07) is 15.3. The Hall–Kier alpha value is -6.52. The number of halogens is 12. The minimum Gasteiger partial charge on any atom is -0.192 e. The first kappa shape index (κ1) is 37.2. The lowest BCUT2D eigenvalue weighted by Crippen LogP contribution is -2.11. The molecule has 0 aliphatic heterocycles. The number of hydrogen-bond donors (Lipinski definition) is 0. The van der Waals surface area contributed by atoms with Gasteiger partial charge in [-0.15, -0.1) is 0 Å². The predicted molar refractivity (Wildman–Crippen MR) is 166 cm³/mol. The fourth-order valence-corrected chi connectivity index (χ4v) is 7.16. The fourth-order valence-electron chi connectivity index (χ4n) is 7.16. The van der Waals surface area contributed by atoms with Crippen LogP contribution in [0.3, 0.4) is 0 Å². The van der Waals surface area contributed by atoms with Crippen molar-refractivity contribution in [2.24, 2.45) is 0 Å². The number of hydrogen-bond acceptors (Lipinski definition) is 4. The zero-order valence-electron chi connectivity index (χ0n) is 26.4. The molecule has 0 radical (unpaired) electrons. The van der Waals surface area contributed by atoms with Gasteiger partial charge >= 0.3 is 24.7 Å². The van der Waals surface area contributed by atoms with E-state index >= 15 is 0 Å². The molecular formula is C38H14F12N4. The lowest BCUT2D eigenvalue weighted by atomic mass is 9.82. The maximum Gasteiger partial charge on any atom is 0.416 e. The molecule has 0 spiro atoms. The van der Waals surface area contributed by atoms with Crippen LogP contribution in [0.25, 0.3) is 33.4 Å². The molecule has 2 atom stereocenters. The van der Waals surface area contributed by atoms with Crippen molar-refractivity contribution in [1.29, 1.82) is 21.0 Å². The van der Waals surface area contributed by atoms with Gasteiger partial charge in [-0.25, -0.2) is 0 Å². The Labute approximate surface area is 296 Å². The summed E-state index contributed by atoms with van der Waals surface area (Å²) < 4.78 is 168. The molecule has 2 aliphatic carbocycles. The molecule has 4 aromatic rings. The third-order valence-electron chi connectivity index (χ3n) is 9.15. The van der Waals surface area contributed by atoms with E-state index < -0.39 is 81.1 Å². The summed E-state index contributed by atoms with van der Waals surface area (Å²) in [6.07, 6.45) is -21.1. The molecule has 0 saturated heterocycles. The quantitative estimate of drug-likeness (QED) is 0.150. The average molecular weight is 755 g/mol. The second kappa shape index (κ2) is 12.6. The highest BCUT2D eigenvalue weighted by atomic mass is 19.4. The first-order chi connectivity index (χ1) is 25.1. The van der Waals surface area contributed by atoms with E-state index in [1.807, 2.05) is 0 Å². The number of nitrogens with zero attached hydrogens (tertiary/aromatic N) is 4. The summed E-state index contributed by atoms with van der Waals surface area (Å²) >= 11 is 0. The standard InChI is InChI=1S/C38H14F12N4/c39-35(40,41)21-7-17(8-22(11-21)36(42,43)44)25-3-1-5-27-29(19(13-51)14-52)33-32-26(18-9-23(37(45,46)47)12-24(10-18)38(48,49)50)4-2-6-28(32)30(20(15-53)16-54)34(33)31(25)27/h1-12,33-34H. The van der Waals surface area contributed by atoms with Crippen molar-refractivity contribution < 1.29 is 52.7 Å². The predicted octanol–water partition coefficient (Wildman–Crippen LogP) is 11.6. The third kappa shape index (κ3) is 6.10. The first-order valence-electron chi connectivity index (χ1n) is 15.1. The molecule has 2 unspecified atom stereocenters. The van der Waals surface area contributed by atoms with E-state index in [1.54, 1.807) is 24.3 Å². The number of allylic oxidation sites excluding steroid dienone is 4. The Morgan fingerprint density at radius 3 is 0.907 bits per heavy atom. The van der Waals surface area contributed by atoms with Crippen LogP contribution in [0.5, 0.6) is 0 Å². The van der Waals surface area contributed by atoms with Crippen molar-refractivity contribution in [3.63, 3.8) is 0 Å². The lowest BCUT2D eigenvalue weighted by molar-refractivity contribution is -0.144. The van der Waals surface area contributed by atoms with Crippen LogP contribution in [0, 0.1) is 45.3 Å². The lowest BCUT2D eigenvalue weighted by Gasteiger charge is -2.20. The first-order valence-corrected chi connectivity index (χ1v) is 15.1. The molecule has 4 aromatic carbocycles. The molecule has 2 aliphatic rings. The van der Waals surface area contributed by atoms with E-state index in [0.29, 0.717) is 24.3 Å². The minimum atomic E-state index is -5.28. The Morgan fingerprint density at radius 2 is 0.667 bits per heavy atom. The number of nitriles is 4. The Morgan fingerprint density at radius 1 is 0.407 bits per heavy atom. The van der Waals surface area contributed by atoms with Crippen LogP contribution in [0.1, 0.15) is 56.3 Å². The van der Waals surface area contributed by atoms with Gasteiger partial charge in [-0.2, -0.15) is 73.7 Å². The molecule has 0 heterocycles. The molecule has 16 heteroatoms. The Kier molecular flexibility index (Phi) is 8.66. The summed E-state index contributed by atoms with van der Waals surface area (Å²) in [6.45, 7) is 0.